The zero-order valence-corrected chi connectivity index (χ0v) is 25.0. The molecule has 41 heavy (non-hydrogen) atoms. The third kappa shape index (κ3) is 8.67. The second-order valence-corrected chi connectivity index (χ2v) is 11.9. The first-order chi connectivity index (χ1) is 19.7. The first kappa shape index (κ1) is 31.3. The van der Waals surface area contributed by atoms with E-state index in [-0.39, 0.29) is 29.7 Å². The van der Waals surface area contributed by atoms with Crippen molar-refractivity contribution < 1.29 is 19.5 Å². The topological polar surface area (TPSA) is 102 Å². The zero-order valence-electron chi connectivity index (χ0n) is 23.5. The molecular formula is C31H40Cl2N4O4. The van der Waals surface area contributed by atoms with Crippen molar-refractivity contribution >= 4 is 41.0 Å². The Morgan fingerprint density at radius 1 is 1.05 bits per heavy atom. The lowest BCUT2D eigenvalue weighted by Gasteiger charge is -2.32. The molecule has 0 aromatic heterocycles. The highest BCUT2D eigenvalue weighted by Gasteiger charge is 2.33. The summed E-state index contributed by atoms with van der Waals surface area (Å²) in [7, 11) is 0. The molecule has 222 valence electrons. The van der Waals surface area contributed by atoms with Crippen molar-refractivity contribution in [1.29, 1.82) is 0 Å². The number of rotatable bonds is 11. The molecule has 2 aliphatic rings. The predicted octanol–water partition coefficient (Wildman–Crippen LogP) is 4.66. The minimum atomic E-state index is -0.726. The third-order valence-corrected chi connectivity index (χ3v) is 9.10. The van der Waals surface area contributed by atoms with Crippen molar-refractivity contribution in [3.05, 3.63) is 69.7 Å². The van der Waals surface area contributed by atoms with Gasteiger partial charge in [-0.1, -0.05) is 60.5 Å². The highest BCUT2D eigenvalue weighted by molar-refractivity contribution is 6.42. The molecule has 0 saturated carbocycles. The van der Waals surface area contributed by atoms with Crippen LogP contribution in [0.1, 0.15) is 60.9 Å². The maximum absolute atomic E-state index is 13.9. The maximum atomic E-state index is 13.9. The molecule has 2 saturated heterocycles. The first-order valence-corrected chi connectivity index (χ1v) is 15.3. The van der Waals surface area contributed by atoms with Crippen molar-refractivity contribution in [2.24, 2.45) is 5.92 Å². The molecule has 2 amide bonds. The van der Waals surface area contributed by atoms with Crippen LogP contribution >= 0.6 is 23.2 Å². The SMILES string of the molecule is CCC(CN1CCC(CNC(=O)c2ccc(Cl)c(Cl)c2)NC(CCN2CCC(C(=O)O)CC2)C1=O)c1ccccc1. The number of carbonyl (C=O) groups excluding carboxylic acids is 2. The average Bonchev–Trinajstić information content (AvgIpc) is 3.13. The molecule has 4 rings (SSSR count). The van der Waals surface area contributed by atoms with Crippen LogP contribution < -0.4 is 10.6 Å². The maximum Gasteiger partial charge on any atom is 0.306 e. The van der Waals surface area contributed by atoms with Gasteiger partial charge in [0.25, 0.3) is 5.91 Å². The molecule has 3 atom stereocenters. The van der Waals surface area contributed by atoms with E-state index in [4.69, 9.17) is 23.2 Å². The van der Waals surface area contributed by atoms with E-state index < -0.39 is 12.0 Å². The molecule has 0 spiro atoms. The average molecular weight is 604 g/mol. The number of halogens is 2. The van der Waals surface area contributed by atoms with Gasteiger partial charge in [-0.25, -0.2) is 0 Å². The quantitative estimate of drug-likeness (QED) is 0.346. The van der Waals surface area contributed by atoms with Crippen molar-refractivity contribution in [2.45, 2.75) is 57.0 Å². The van der Waals surface area contributed by atoms with E-state index in [9.17, 15) is 19.5 Å². The number of hydrogen-bond acceptors (Lipinski definition) is 5. The lowest BCUT2D eigenvalue weighted by Crippen LogP contribution is -2.50. The first-order valence-electron chi connectivity index (χ1n) is 14.5. The molecule has 3 unspecified atom stereocenters. The van der Waals surface area contributed by atoms with E-state index in [0.717, 1.165) is 19.5 Å². The summed E-state index contributed by atoms with van der Waals surface area (Å²) in [6.45, 7) is 5.91. The van der Waals surface area contributed by atoms with Crippen LogP contribution in [0.15, 0.2) is 48.5 Å². The van der Waals surface area contributed by atoms with Gasteiger partial charge in [-0.05, 0) is 69.0 Å². The van der Waals surface area contributed by atoms with Crippen molar-refractivity contribution in [2.75, 3.05) is 39.3 Å². The molecule has 3 N–H and O–H groups in total. The lowest BCUT2D eigenvalue weighted by atomic mass is 9.95. The van der Waals surface area contributed by atoms with Crippen LogP contribution in [0.3, 0.4) is 0 Å². The van der Waals surface area contributed by atoms with E-state index in [1.807, 2.05) is 23.1 Å². The van der Waals surface area contributed by atoms with Crippen LogP contribution in [-0.4, -0.2) is 84.0 Å². The van der Waals surface area contributed by atoms with E-state index in [1.165, 1.54) is 5.56 Å². The van der Waals surface area contributed by atoms with Crippen LogP contribution in [0.25, 0.3) is 0 Å². The normalized spacial score (nSPS) is 21.3. The summed E-state index contributed by atoms with van der Waals surface area (Å²) in [6.07, 6.45) is 3.51. The highest BCUT2D eigenvalue weighted by atomic mass is 35.5. The monoisotopic (exact) mass is 602 g/mol. The van der Waals surface area contributed by atoms with Gasteiger partial charge in [0, 0.05) is 43.7 Å². The number of hydrogen-bond donors (Lipinski definition) is 3. The Labute approximate surface area is 252 Å². The van der Waals surface area contributed by atoms with E-state index >= 15 is 0 Å². The minimum Gasteiger partial charge on any atom is -0.481 e. The summed E-state index contributed by atoms with van der Waals surface area (Å²) in [6, 6.07) is 14.6. The van der Waals surface area contributed by atoms with Gasteiger partial charge in [0.05, 0.1) is 22.0 Å². The van der Waals surface area contributed by atoms with Gasteiger partial charge in [-0.15, -0.1) is 0 Å². The van der Waals surface area contributed by atoms with E-state index in [0.29, 0.717) is 67.5 Å². The van der Waals surface area contributed by atoms with Crippen LogP contribution in [0.2, 0.25) is 10.0 Å². The summed E-state index contributed by atoms with van der Waals surface area (Å²) < 4.78 is 0. The van der Waals surface area contributed by atoms with Crippen molar-refractivity contribution in [3.63, 3.8) is 0 Å². The number of nitrogens with one attached hydrogen (secondary N) is 2. The van der Waals surface area contributed by atoms with Gasteiger partial charge in [-0.2, -0.15) is 0 Å². The Kier molecular flexibility index (Phi) is 11.5. The molecule has 0 bridgehead atoms. The van der Waals surface area contributed by atoms with E-state index in [1.54, 1.807) is 18.2 Å². The number of carboxylic acid groups (broad SMARTS) is 1. The van der Waals surface area contributed by atoms with Gasteiger partial charge in [-0.3, -0.25) is 14.4 Å². The standard InChI is InChI=1S/C31H40Cl2N4O4/c1-2-21(22-6-4-3-5-7-22)20-37-17-12-25(19-34-29(38)24-8-9-26(32)27(33)18-24)35-28(30(37)39)13-16-36-14-10-23(11-15-36)31(40)41/h3-9,18,21,23,25,28,35H,2,10-17,19-20H2,1H3,(H,34,38)(H,40,41). The number of likely N-dealkylation sites (tertiary alicyclic amines) is 1. The molecule has 2 aromatic rings. The summed E-state index contributed by atoms with van der Waals surface area (Å²) in [5.74, 6) is -0.937. The molecule has 0 radical (unpaired) electrons. The highest BCUT2D eigenvalue weighted by Crippen LogP contribution is 2.24. The number of aliphatic carboxylic acids is 1. The summed E-state index contributed by atoms with van der Waals surface area (Å²) >= 11 is 12.1. The second-order valence-electron chi connectivity index (χ2n) is 11.1. The molecule has 8 nitrogen and oxygen atoms in total. The lowest BCUT2D eigenvalue weighted by molar-refractivity contribution is -0.143. The molecule has 2 aromatic carbocycles. The van der Waals surface area contributed by atoms with Crippen LogP contribution in [-0.2, 0) is 9.59 Å². The van der Waals surface area contributed by atoms with Gasteiger partial charge in [0.1, 0.15) is 0 Å². The van der Waals surface area contributed by atoms with Gasteiger partial charge < -0.3 is 25.5 Å². The fourth-order valence-corrected chi connectivity index (χ4v) is 6.06. The largest absolute Gasteiger partial charge is 0.481 e. The summed E-state index contributed by atoms with van der Waals surface area (Å²) in [4.78, 5) is 42.3. The summed E-state index contributed by atoms with van der Waals surface area (Å²) in [5.41, 5.74) is 1.66. The third-order valence-electron chi connectivity index (χ3n) is 8.36. The van der Waals surface area contributed by atoms with Crippen molar-refractivity contribution in [3.8, 4) is 0 Å². The Morgan fingerprint density at radius 2 is 1.78 bits per heavy atom. The summed E-state index contributed by atoms with van der Waals surface area (Å²) in [5, 5.41) is 16.6. The van der Waals surface area contributed by atoms with Crippen LogP contribution in [0.4, 0.5) is 0 Å². The molecule has 0 aliphatic carbocycles. The van der Waals surface area contributed by atoms with E-state index in [2.05, 4.69) is 34.6 Å². The Morgan fingerprint density at radius 3 is 2.44 bits per heavy atom. The number of piperidine rings is 1. The van der Waals surface area contributed by atoms with Gasteiger partial charge in [0.15, 0.2) is 0 Å². The van der Waals surface area contributed by atoms with Crippen molar-refractivity contribution in [1.82, 2.24) is 20.4 Å². The minimum absolute atomic E-state index is 0.0816. The number of nitrogens with zero attached hydrogens (tertiary/aromatic N) is 2. The van der Waals surface area contributed by atoms with Crippen LogP contribution in [0.5, 0.6) is 0 Å². The Hall–Kier alpha value is -2.65. The van der Waals surface area contributed by atoms with Crippen LogP contribution in [0, 0.1) is 5.92 Å². The molecule has 2 aliphatic heterocycles. The Balaban J connectivity index is 1.42. The fraction of sp³-hybridized carbons (Fsp3) is 0.516. The molecule has 2 fully saturated rings. The number of carbonyl (C=O) groups is 3. The number of carboxylic acids is 1. The fourth-order valence-electron chi connectivity index (χ4n) is 5.76. The van der Waals surface area contributed by atoms with Gasteiger partial charge >= 0.3 is 5.97 Å². The molecule has 2 heterocycles. The van der Waals surface area contributed by atoms with Gasteiger partial charge in [0.2, 0.25) is 5.91 Å². The predicted molar refractivity (Wildman–Crippen MR) is 162 cm³/mol. The molecular weight excluding hydrogens is 563 g/mol. The smallest absolute Gasteiger partial charge is 0.306 e. The number of benzene rings is 2. The zero-order chi connectivity index (χ0) is 29.4. The second kappa shape index (κ2) is 15.0. The molecule has 10 heteroatoms. The number of amides is 2. The Bertz CT molecular complexity index is 1190.